The van der Waals surface area contributed by atoms with Crippen LogP contribution in [0.3, 0.4) is 0 Å². The Labute approximate surface area is 148 Å². The first-order valence-electron chi connectivity index (χ1n) is 8.76. The maximum absolute atomic E-state index is 12.5. The molecule has 7 heteroatoms. The number of carbonyl (C=O) groups is 1. The van der Waals surface area contributed by atoms with E-state index in [1.165, 1.54) is 11.1 Å². The smallest absolute Gasteiger partial charge is 0.321 e. The molecule has 1 aliphatic heterocycles. The highest BCUT2D eigenvalue weighted by Gasteiger charge is 2.25. The molecule has 3 N–H and O–H groups in total. The van der Waals surface area contributed by atoms with E-state index in [4.69, 9.17) is 5.73 Å². The van der Waals surface area contributed by atoms with Gasteiger partial charge in [-0.15, -0.1) is 0 Å². The van der Waals surface area contributed by atoms with Crippen molar-refractivity contribution in [2.45, 2.75) is 45.6 Å². The summed E-state index contributed by atoms with van der Waals surface area (Å²) in [5.74, 6) is 0.987. The number of anilines is 2. The van der Waals surface area contributed by atoms with Gasteiger partial charge < -0.3 is 16.0 Å². The minimum absolute atomic E-state index is 0.0612. The van der Waals surface area contributed by atoms with Crippen LogP contribution in [0.15, 0.2) is 24.7 Å². The van der Waals surface area contributed by atoms with Crippen molar-refractivity contribution >= 4 is 17.5 Å². The number of likely N-dealkylation sites (tertiary alicyclic amines) is 1. The predicted octanol–water partition coefficient (Wildman–Crippen LogP) is 3.16. The van der Waals surface area contributed by atoms with Crippen LogP contribution in [0.25, 0.3) is 0 Å². The van der Waals surface area contributed by atoms with Gasteiger partial charge in [0.15, 0.2) is 0 Å². The van der Waals surface area contributed by atoms with Crippen molar-refractivity contribution in [1.82, 2.24) is 19.7 Å². The van der Waals surface area contributed by atoms with Crippen LogP contribution < -0.4 is 11.1 Å². The van der Waals surface area contributed by atoms with Gasteiger partial charge in [0.25, 0.3) is 0 Å². The first-order chi connectivity index (χ1) is 11.9. The number of pyridine rings is 1. The topological polar surface area (TPSA) is 89.1 Å². The van der Waals surface area contributed by atoms with Crippen LogP contribution in [0.5, 0.6) is 0 Å². The zero-order valence-electron chi connectivity index (χ0n) is 15.1. The third kappa shape index (κ3) is 3.92. The molecule has 1 saturated heterocycles. The highest BCUT2D eigenvalue weighted by Crippen LogP contribution is 2.30. The number of piperidine rings is 1. The van der Waals surface area contributed by atoms with Crippen molar-refractivity contribution in [2.75, 3.05) is 24.1 Å². The van der Waals surface area contributed by atoms with Crippen molar-refractivity contribution in [3.8, 4) is 0 Å². The normalized spacial score (nSPS) is 15.6. The molecule has 2 aromatic rings. The van der Waals surface area contributed by atoms with Gasteiger partial charge in [-0.2, -0.15) is 5.10 Å². The van der Waals surface area contributed by atoms with E-state index in [-0.39, 0.29) is 12.1 Å². The summed E-state index contributed by atoms with van der Waals surface area (Å²) in [6.45, 7) is 7.64. The van der Waals surface area contributed by atoms with Gasteiger partial charge in [-0.25, -0.2) is 9.78 Å². The number of nitrogens with one attached hydrogen (secondary N) is 1. The Balaban J connectivity index is 1.57. The first kappa shape index (κ1) is 17.3. The number of urea groups is 1. The molecule has 1 aliphatic rings. The Morgan fingerprint density at radius 2 is 2.04 bits per heavy atom. The molecular formula is C18H26N6O. The second-order valence-corrected chi connectivity index (χ2v) is 6.96. The van der Waals surface area contributed by atoms with Crippen molar-refractivity contribution in [3.05, 3.63) is 35.8 Å². The number of nitrogens with zero attached hydrogens (tertiary/aromatic N) is 4. The molecule has 3 heterocycles. The van der Waals surface area contributed by atoms with Gasteiger partial charge in [0.1, 0.15) is 5.82 Å². The molecule has 7 nitrogen and oxygen atoms in total. The summed E-state index contributed by atoms with van der Waals surface area (Å²) in [5.41, 5.74) is 8.89. The molecule has 0 spiro atoms. The highest BCUT2D eigenvalue weighted by atomic mass is 16.2. The molecule has 134 valence electrons. The Kier molecular flexibility index (Phi) is 4.92. The van der Waals surface area contributed by atoms with Crippen LogP contribution in [0.2, 0.25) is 0 Å². The second-order valence-electron chi connectivity index (χ2n) is 6.96. The number of amides is 2. The lowest BCUT2D eigenvalue weighted by Gasteiger charge is -2.32. The average molecular weight is 342 g/mol. The maximum Gasteiger partial charge on any atom is 0.321 e. The Bertz CT molecular complexity index is 746. The minimum atomic E-state index is -0.0612. The molecule has 2 aromatic heterocycles. The van der Waals surface area contributed by atoms with E-state index in [0.29, 0.717) is 11.7 Å². The Morgan fingerprint density at radius 3 is 2.64 bits per heavy atom. The van der Waals surface area contributed by atoms with Gasteiger partial charge in [0, 0.05) is 31.5 Å². The summed E-state index contributed by atoms with van der Waals surface area (Å²) < 4.78 is 1.83. The molecule has 3 rings (SSSR count). The molecule has 0 saturated carbocycles. The lowest BCUT2D eigenvalue weighted by atomic mass is 9.88. The van der Waals surface area contributed by atoms with Crippen LogP contribution in [0.1, 0.15) is 49.8 Å². The molecule has 0 radical (unpaired) electrons. The van der Waals surface area contributed by atoms with E-state index < -0.39 is 0 Å². The average Bonchev–Trinajstić information content (AvgIpc) is 3.04. The van der Waals surface area contributed by atoms with Crippen molar-refractivity contribution in [2.24, 2.45) is 0 Å². The summed E-state index contributed by atoms with van der Waals surface area (Å²) in [7, 11) is 0. The fraction of sp³-hybridized carbons (Fsp3) is 0.500. The van der Waals surface area contributed by atoms with E-state index >= 15 is 0 Å². The maximum atomic E-state index is 12.5. The van der Waals surface area contributed by atoms with Crippen LogP contribution in [0, 0.1) is 6.92 Å². The van der Waals surface area contributed by atoms with Crippen molar-refractivity contribution in [1.29, 1.82) is 0 Å². The standard InChI is InChI=1S/C18H26N6O/c1-12(2)24-11-15(9-21-24)22-18(25)23-6-4-14(5-7-23)16-10-20-17(19)8-13(16)3/h8-12,14H,4-7H2,1-3H3,(H2,19,20)(H,22,25). The number of carbonyl (C=O) groups excluding carboxylic acids is 1. The zero-order chi connectivity index (χ0) is 18.0. The number of hydrogen-bond acceptors (Lipinski definition) is 4. The summed E-state index contributed by atoms with van der Waals surface area (Å²) in [4.78, 5) is 18.5. The highest BCUT2D eigenvalue weighted by molar-refractivity contribution is 5.89. The van der Waals surface area contributed by atoms with E-state index in [0.717, 1.165) is 31.6 Å². The van der Waals surface area contributed by atoms with Crippen molar-refractivity contribution < 1.29 is 4.79 Å². The summed E-state index contributed by atoms with van der Waals surface area (Å²) in [5, 5.41) is 7.18. The number of rotatable bonds is 3. The number of hydrogen-bond donors (Lipinski definition) is 2. The van der Waals surface area contributed by atoms with Crippen LogP contribution in [0.4, 0.5) is 16.3 Å². The largest absolute Gasteiger partial charge is 0.384 e. The van der Waals surface area contributed by atoms with Gasteiger partial charge in [-0.1, -0.05) is 0 Å². The molecule has 0 unspecified atom stereocenters. The molecule has 0 bridgehead atoms. The van der Waals surface area contributed by atoms with Crippen molar-refractivity contribution in [3.63, 3.8) is 0 Å². The Hall–Kier alpha value is -2.57. The fourth-order valence-corrected chi connectivity index (χ4v) is 3.30. The molecule has 25 heavy (non-hydrogen) atoms. The van der Waals surface area contributed by atoms with E-state index in [9.17, 15) is 4.79 Å². The molecule has 0 atom stereocenters. The minimum Gasteiger partial charge on any atom is -0.384 e. The van der Waals surface area contributed by atoms with Gasteiger partial charge in [0.05, 0.1) is 11.9 Å². The third-order valence-corrected chi connectivity index (χ3v) is 4.78. The van der Waals surface area contributed by atoms with Crippen LogP contribution in [-0.4, -0.2) is 38.8 Å². The van der Waals surface area contributed by atoms with Gasteiger partial charge in [-0.05, 0) is 56.7 Å². The molecule has 1 fully saturated rings. The van der Waals surface area contributed by atoms with E-state index in [2.05, 4.69) is 36.2 Å². The van der Waals surface area contributed by atoms with E-state index in [1.54, 1.807) is 6.20 Å². The Morgan fingerprint density at radius 1 is 1.32 bits per heavy atom. The number of aryl methyl sites for hydroxylation is 1. The number of aromatic nitrogens is 3. The van der Waals surface area contributed by atoms with E-state index in [1.807, 2.05) is 28.0 Å². The molecule has 0 aromatic carbocycles. The lowest BCUT2D eigenvalue weighted by molar-refractivity contribution is 0.194. The first-order valence-corrected chi connectivity index (χ1v) is 8.76. The van der Waals surface area contributed by atoms with Gasteiger partial charge in [-0.3, -0.25) is 4.68 Å². The summed E-state index contributed by atoms with van der Waals surface area (Å²) in [6, 6.07) is 2.13. The molecule has 2 amide bonds. The number of nitrogens with two attached hydrogens (primary N) is 1. The third-order valence-electron chi connectivity index (χ3n) is 4.78. The molecule has 0 aliphatic carbocycles. The predicted molar refractivity (Wildman–Crippen MR) is 98.6 cm³/mol. The SMILES string of the molecule is Cc1cc(N)ncc1C1CCN(C(=O)Nc2cnn(C(C)C)c2)CC1. The van der Waals surface area contributed by atoms with Crippen LogP contribution in [-0.2, 0) is 0 Å². The summed E-state index contributed by atoms with van der Waals surface area (Å²) >= 11 is 0. The van der Waals surface area contributed by atoms with Gasteiger partial charge in [0.2, 0.25) is 0 Å². The van der Waals surface area contributed by atoms with Crippen LogP contribution >= 0.6 is 0 Å². The number of nitrogen functional groups attached to an aromatic ring is 1. The quantitative estimate of drug-likeness (QED) is 0.896. The fourth-order valence-electron chi connectivity index (χ4n) is 3.30. The summed E-state index contributed by atoms with van der Waals surface area (Å²) in [6.07, 6.45) is 7.30. The van der Waals surface area contributed by atoms with Gasteiger partial charge >= 0.3 is 6.03 Å². The zero-order valence-corrected chi connectivity index (χ0v) is 15.1. The molecular weight excluding hydrogens is 316 g/mol. The lowest BCUT2D eigenvalue weighted by Crippen LogP contribution is -2.40. The second kappa shape index (κ2) is 7.13. The monoisotopic (exact) mass is 342 g/mol.